The summed E-state index contributed by atoms with van der Waals surface area (Å²) in [6, 6.07) is 5.11. The fourth-order valence-corrected chi connectivity index (χ4v) is 1.80. The number of rotatable bonds is 6. The highest BCUT2D eigenvalue weighted by Gasteiger charge is 2.21. The van der Waals surface area contributed by atoms with Crippen LogP contribution in [0.1, 0.15) is 32.3 Å². The summed E-state index contributed by atoms with van der Waals surface area (Å²) >= 11 is 5.81. The van der Waals surface area contributed by atoms with Gasteiger partial charge in [-0.2, -0.15) is 0 Å². The van der Waals surface area contributed by atoms with Gasteiger partial charge in [0.05, 0.1) is 10.6 Å². The maximum Gasteiger partial charge on any atom is 0.134 e. The van der Waals surface area contributed by atoms with Gasteiger partial charge in [-0.25, -0.2) is 0 Å². The molecule has 0 bridgehead atoms. The zero-order chi connectivity index (χ0) is 12.9. The highest BCUT2D eigenvalue weighted by Crippen LogP contribution is 2.23. The fraction of sp³-hybridized carbons (Fsp3) is 0.538. The summed E-state index contributed by atoms with van der Waals surface area (Å²) in [5.41, 5.74) is 0.350. The summed E-state index contributed by atoms with van der Waals surface area (Å²) in [7, 11) is 0. The second-order valence-corrected chi connectivity index (χ2v) is 4.73. The van der Waals surface area contributed by atoms with E-state index in [-0.39, 0.29) is 5.75 Å². The van der Waals surface area contributed by atoms with Gasteiger partial charge in [-0.3, -0.25) is 0 Å². The molecule has 0 aliphatic carbocycles. The van der Waals surface area contributed by atoms with Crippen LogP contribution in [-0.2, 0) is 6.54 Å². The van der Waals surface area contributed by atoms with Crippen molar-refractivity contribution in [1.82, 2.24) is 5.32 Å². The molecule has 3 N–H and O–H groups in total. The average Bonchev–Trinajstić information content (AvgIpc) is 2.33. The molecule has 3 nitrogen and oxygen atoms in total. The van der Waals surface area contributed by atoms with Crippen molar-refractivity contribution in [3.05, 3.63) is 28.8 Å². The minimum absolute atomic E-state index is 0.0917. The lowest BCUT2D eigenvalue weighted by atomic mass is 9.97. The van der Waals surface area contributed by atoms with E-state index >= 15 is 0 Å². The van der Waals surface area contributed by atoms with E-state index in [2.05, 4.69) is 5.32 Å². The summed E-state index contributed by atoms with van der Waals surface area (Å²) in [6.45, 7) is 5.13. The number of aromatic hydroxyl groups is 1. The van der Waals surface area contributed by atoms with E-state index in [0.717, 1.165) is 18.4 Å². The Morgan fingerprint density at radius 1 is 1.29 bits per heavy atom. The SMILES string of the molecule is CCC(O)(CC)CNCc1ccc(O)c(Cl)c1. The van der Waals surface area contributed by atoms with Crippen LogP contribution in [0.5, 0.6) is 5.75 Å². The number of nitrogens with one attached hydrogen (secondary N) is 1. The van der Waals surface area contributed by atoms with Crippen molar-refractivity contribution in [1.29, 1.82) is 0 Å². The molecule has 1 aromatic carbocycles. The largest absolute Gasteiger partial charge is 0.506 e. The van der Waals surface area contributed by atoms with Gasteiger partial charge in [0, 0.05) is 13.1 Å². The van der Waals surface area contributed by atoms with Gasteiger partial charge in [0.15, 0.2) is 0 Å². The molecule has 0 amide bonds. The van der Waals surface area contributed by atoms with E-state index in [4.69, 9.17) is 11.6 Å². The molecule has 4 heteroatoms. The van der Waals surface area contributed by atoms with Gasteiger partial charge in [-0.15, -0.1) is 0 Å². The van der Waals surface area contributed by atoms with Crippen LogP contribution in [0.3, 0.4) is 0 Å². The average molecular weight is 258 g/mol. The van der Waals surface area contributed by atoms with E-state index in [1.54, 1.807) is 12.1 Å². The van der Waals surface area contributed by atoms with E-state index in [1.165, 1.54) is 0 Å². The van der Waals surface area contributed by atoms with Crippen LogP contribution in [0.4, 0.5) is 0 Å². The third kappa shape index (κ3) is 4.19. The van der Waals surface area contributed by atoms with E-state index in [0.29, 0.717) is 18.1 Å². The van der Waals surface area contributed by atoms with Gasteiger partial charge in [-0.05, 0) is 30.5 Å². The molecule has 17 heavy (non-hydrogen) atoms. The maximum absolute atomic E-state index is 10.1. The molecular formula is C13H20ClNO2. The lowest BCUT2D eigenvalue weighted by molar-refractivity contribution is 0.0323. The van der Waals surface area contributed by atoms with Gasteiger partial charge in [0.25, 0.3) is 0 Å². The van der Waals surface area contributed by atoms with Crippen molar-refractivity contribution in [2.75, 3.05) is 6.54 Å². The Morgan fingerprint density at radius 2 is 1.94 bits per heavy atom. The number of hydrogen-bond acceptors (Lipinski definition) is 3. The molecule has 0 heterocycles. The Kier molecular flexibility index (Phi) is 5.25. The second-order valence-electron chi connectivity index (χ2n) is 4.32. The zero-order valence-corrected chi connectivity index (χ0v) is 11.1. The summed E-state index contributed by atoms with van der Waals surface area (Å²) in [5, 5.41) is 22.9. The van der Waals surface area contributed by atoms with Crippen LogP contribution in [0.2, 0.25) is 5.02 Å². The van der Waals surface area contributed by atoms with Crippen molar-refractivity contribution in [3.8, 4) is 5.75 Å². The molecule has 1 rings (SSSR count). The van der Waals surface area contributed by atoms with Gasteiger partial charge >= 0.3 is 0 Å². The number of phenols is 1. The number of benzene rings is 1. The monoisotopic (exact) mass is 257 g/mol. The quantitative estimate of drug-likeness (QED) is 0.735. The molecule has 0 spiro atoms. The number of halogens is 1. The maximum atomic E-state index is 10.1. The van der Waals surface area contributed by atoms with E-state index < -0.39 is 5.60 Å². The highest BCUT2D eigenvalue weighted by atomic mass is 35.5. The topological polar surface area (TPSA) is 52.5 Å². The van der Waals surface area contributed by atoms with Crippen LogP contribution in [0, 0.1) is 0 Å². The lowest BCUT2D eigenvalue weighted by Gasteiger charge is -2.25. The van der Waals surface area contributed by atoms with Gasteiger partial charge in [0.1, 0.15) is 5.75 Å². The molecule has 0 unspecified atom stereocenters. The highest BCUT2D eigenvalue weighted by molar-refractivity contribution is 6.32. The zero-order valence-electron chi connectivity index (χ0n) is 10.3. The first-order valence-electron chi connectivity index (χ1n) is 5.91. The molecule has 0 saturated carbocycles. The van der Waals surface area contributed by atoms with Gasteiger partial charge < -0.3 is 15.5 Å². The first-order chi connectivity index (χ1) is 8.00. The van der Waals surface area contributed by atoms with Crippen LogP contribution in [0.15, 0.2) is 18.2 Å². The van der Waals surface area contributed by atoms with Crippen molar-refractivity contribution in [2.24, 2.45) is 0 Å². The van der Waals surface area contributed by atoms with Crippen molar-refractivity contribution in [3.63, 3.8) is 0 Å². The third-order valence-corrected chi connectivity index (χ3v) is 3.41. The van der Waals surface area contributed by atoms with Crippen molar-refractivity contribution < 1.29 is 10.2 Å². The predicted molar refractivity (Wildman–Crippen MR) is 70.4 cm³/mol. The molecule has 0 atom stereocenters. The summed E-state index contributed by atoms with van der Waals surface area (Å²) in [4.78, 5) is 0. The molecule has 0 radical (unpaired) electrons. The first-order valence-corrected chi connectivity index (χ1v) is 6.29. The molecule has 0 saturated heterocycles. The van der Waals surface area contributed by atoms with E-state index in [9.17, 15) is 10.2 Å². The Bertz CT molecular complexity index is 364. The molecule has 0 aromatic heterocycles. The molecule has 96 valence electrons. The lowest BCUT2D eigenvalue weighted by Crippen LogP contribution is -2.39. The number of aliphatic hydroxyl groups is 1. The standard InChI is InChI=1S/C13H20ClNO2/c1-3-13(17,4-2)9-15-8-10-5-6-12(16)11(14)7-10/h5-7,15-17H,3-4,8-9H2,1-2H3. The molecule has 0 aliphatic rings. The van der Waals surface area contributed by atoms with Crippen LogP contribution < -0.4 is 5.32 Å². The Hall–Kier alpha value is -0.770. The van der Waals surface area contributed by atoms with Crippen LogP contribution >= 0.6 is 11.6 Å². The predicted octanol–water partition coefficient (Wildman–Crippen LogP) is 2.69. The molecule has 0 fully saturated rings. The Morgan fingerprint density at radius 3 is 2.47 bits per heavy atom. The van der Waals surface area contributed by atoms with Gasteiger partial charge in [0.2, 0.25) is 0 Å². The minimum Gasteiger partial charge on any atom is -0.506 e. The summed E-state index contributed by atoms with van der Waals surface area (Å²) in [6.07, 6.45) is 1.46. The van der Waals surface area contributed by atoms with Crippen molar-refractivity contribution >= 4 is 11.6 Å². The van der Waals surface area contributed by atoms with Gasteiger partial charge in [-0.1, -0.05) is 31.5 Å². The van der Waals surface area contributed by atoms with Crippen LogP contribution in [0.25, 0.3) is 0 Å². The summed E-state index contributed by atoms with van der Waals surface area (Å²) in [5.74, 6) is 0.0917. The smallest absolute Gasteiger partial charge is 0.134 e. The Balaban J connectivity index is 2.48. The first kappa shape index (κ1) is 14.3. The van der Waals surface area contributed by atoms with Crippen molar-refractivity contribution in [2.45, 2.75) is 38.8 Å². The Labute approximate surface area is 107 Å². The molecule has 1 aromatic rings. The molecular weight excluding hydrogens is 238 g/mol. The second kappa shape index (κ2) is 6.24. The molecule has 0 aliphatic heterocycles. The third-order valence-electron chi connectivity index (χ3n) is 3.11. The summed E-state index contributed by atoms with van der Waals surface area (Å²) < 4.78 is 0. The number of hydrogen-bond donors (Lipinski definition) is 3. The number of phenolic OH excluding ortho intramolecular Hbond substituents is 1. The minimum atomic E-state index is -0.638. The van der Waals surface area contributed by atoms with Crippen LogP contribution in [-0.4, -0.2) is 22.4 Å². The normalized spacial score (nSPS) is 11.8. The van der Waals surface area contributed by atoms with E-state index in [1.807, 2.05) is 19.9 Å². The fourth-order valence-electron chi connectivity index (χ4n) is 1.60.